The topological polar surface area (TPSA) is 89.9 Å². The number of hydrogen-bond acceptors (Lipinski definition) is 6. The van der Waals surface area contributed by atoms with E-state index in [0.29, 0.717) is 17.1 Å². The van der Waals surface area contributed by atoms with Crippen molar-refractivity contribution in [2.45, 2.75) is 12.2 Å². The molecule has 2 atom stereocenters. The van der Waals surface area contributed by atoms with Gasteiger partial charge in [0.2, 0.25) is 0 Å². The first kappa shape index (κ1) is 18.7. The molecule has 1 saturated heterocycles. The number of pyridine rings is 1. The molecular formula is C17H16Cl2N2O5. The number of aliphatic hydroxyl groups excluding tert-OH is 1. The fourth-order valence-corrected chi connectivity index (χ4v) is 2.88. The Balaban J connectivity index is 1.83. The highest BCUT2D eigenvalue weighted by atomic mass is 35.5. The van der Waals surface area contributed by atoms with E-state index in [-0.39, 0.29) is 28.9 Å². The number of amides is 1. The van der Waals surface area contributed by atoms with Crippen molar-refractivity contribution in [1.82, 2.24) is 4.98 Å². The number of anilines is 1. The van der Waals surface area contributed by atoms with Crippen molar-refractivity contribution in [1.29, 1.82) is 0 Å². The predicted molar refractivity (Wildman–Crippen MR) is 96.4 cm³/mol. The molecule has 3 rings (SSSR count). The normalized spacial score (nSPS) is 19.2. The molecule has 26 heavy (non-hydrogen) atoms. The summed E-state index contributed by atoms with van der Waals surface area (Å²) in [6.45, 7) is 0.454. The highest BCUT2D eigenvalue weighted by molar-refractivity contribution is 6.39. The van der Waals surface area contributed by atoms with E-state index >= 15 is 0 Å². The second kappa shape index (κ2) is 8.09. The van der Waals surface area contributed by atoms with E-state index < -0.39 is 18.1 Å². The maximum absolute atomic E-state index is 12.6. The number of aliphatic hydroxyl groups is 1. The van der Waals surface area contributed by atoms with E-state index in [1.165, 1.54) is 25.6 Å². The lowest BCUT2D eigenvalue weighted by Crippen LogP contribution is -2.30. The molecule has 9 heteroatoms. The lowest BCUT2D eigenvalue weighted by molar-refractivity contribution is 0.0714. The van der Waals surface area contributed by atoms with Gasteiger partial charge in [0.25, 0.3) is 5.91 Å². The molecule has 7 nitrogen and oxygen atoms in total. The molecule has 0 spiro atoms. The third kappa shape index (κ3) is 4.02. The number of rotatable bonds is 5. The van der Waals surface area contributed by atoms with E-state index in [1.807, 2.05) is 0 Å². The van der Waals surface area contributed by atoms with E-state index in [1.54, 1.807) is 12.1 Å². The zero-order valence-corrected chi connectivity index (χ0v) is 15.3. The zero-order valence-electron chi connectivity index (χ0n) is 13.7. The van der Waals surface area contributed by atoms with E-state index in [9.17, 15) is 9.90 Å². The average molecular weight is 399 g/mol. The fourth-order valence-electron chi connectivity index (χ4n) is 2.43. The summed E-state index contributed by atoms with van der Waals surface area (Å²) in [6.07, 6.45) is 1.48. The van der Waals surface area contributed by atoms with Crippen molar-refractivity contribution in [3.8, 4) is 11.5 Å². The number of aromatic nitrogens is 1. The van der Waals surface area contributed by atoms with Gasteiger partial charge < -0.3 is 24.6 Å². The number of halogens is 2. The molecule has 0 saturated carbocycles. The third-order valence-electron chi connectivity index (χ3n) is 3.80. The van der Waals surface area contributed by atoms with Crippen LogP contribution in [0.4, 0.5) is 5.69 Å². The summed E-state index contributed by atoms with van der Waals surface area (Å²) >= 11 is 12.0. The van der Waals surface area contributed by atoms with Gasteiger partial charge in [-0.3, -0.25) is 9.78 Å². The molecule has 0 bridgehead atoms. The Labute approximate surface area is 159 Å². The van der Waals surface area contributed by atoms with Crippen molar-refractivity contribution in [2.24, 2.45) is 0 Å². The number of carbonyl (C=O) groups is 1. The van der Waals surface area contributed by atoms with Crippen molar-refractivity contribution in [3.05, 3.63) is 46.2 Å². The average Bonchev–Trinajstić information content (AvgIpc) is 3.03. The van der Waals surface area contributed by atoms with Gasteiger partial charge in [-0.2, -0.15) is 0 Å². The number of methoxy groups -OCH3 is 1. The van der Waals surface area contributed by atoms with Gasteiger partial charge >= 0.3 is 0 Å². The molecule has 2 heterocycles. The second-order valence-corrected chi connectivity index (χ2v) is 6.37. The largest absolute Gasteiger partial charge is 0.493 e. The Morgan fingerprint density at radius 3 is 2.62 bits per heavy atom. The summed E-state index contributed by atoms with van der Waals surface area (Å²) < 4.78 is 16.2. The van der Waals surface area contributed by atoms with Crippen LogP contribution < -0.4 is 14.8 Å². The Bertz CT molecular complexity index is 797. The van der Waals surface area contributed by atoms with Crippen molar-refractivity contribution in [2.75, 3.05) is 25.6 Å². The summed E-state index contributed by atoms with van der Waals surface area (Å²) in [4.78, 5) is 16.4. The first-order chi connectivity index (χ1) is 12.5. The number of nitrogens with one attached hydrogen (secondary N) is 1. The molecule has 1 aliphatic heterocycles. The van der Waals surface area contributed by atoms with Gasteiger partial charge in [-0.1, -0.05) is 23.2 Å². The molecule has 1 aromatic heterocycles. The van der Waals surface area contributed by atoms with Gasteiger partial charge in [-0.05, 0) is 18.2 Å². The summed E-state index contributed by atoms with van der Waals surface area (Å²) in [6, 6.07) is 4.69. The monoisotopic (exact) mass is 398 g/mol. The summed E-state index contributed by atoms with van der Waals surface area (Å²) in [5.41, 5.74) is 0.574. The Hall–Kier alpha value is -2.06. The lowest BCUT2D eigenvalue weighted by atomic mass is 10.1. The van der Waals surface area contributed by atoms with Crippen LogP contribution >= 0.6 is 23.2 Å². The molecule has 138 valence electrons. The van der Waals surface area contributed by atoms with Crippen molar-refractivity contribution in [3.63, 3.8) is 0 Å². The van der Waals surface area contributed by atoms with Crippen LogP contribution in [0.25, 0.3) is 0 Å². The summed E-state index contributed by atoms with van der Waals surface area (Å²) in [7, 11) is 1.49. The van der Waals surface area contributed by atoms with Gasteiger partial charge in [0.1, 0.15) is 6.10 Å². The molecule has 1 amide bonds. The number of carbonyl (C=O) groups excluding carboxylic acids is 1. The SMILES string of the molecule is COc1ccc(C(=O)Nc2c(Cl)cncc2Cl)cc1OC1COCC1O. The van der Waals surface area contributed by atoms with Crippen LogP contribution in [0.15, 0.2) is 30.6 Å². The van der Waals surface area contributed by atoms with Crippen LogP contribution in [0.5, 0.6) is 11.5 Å². The number of benzene rings is 1. The summed E-state index contributed by atoms with van der Waals surface area (Å²) in [5.74, 6) is 0.318. The lowest BCUT2D eigenvalue weighted by Gasteiger charge is -2.18. The molecule has 2 unspecified atom stereocenters. The molecule has 1 aromatic carbocycles. The smallest absolute Gasteiger partial charge is 0.255 e. The highest BCUT2D eigenvalue weighted by Gasteiger charge is 2.29. The van der Waals surface area contributed by atoms with Crippen molar-refractivity contribution >= 4 is 34.8 Å². The van der Waals surface area contributed by atoms with Crippen LogP contribution in [0.3, 0.4) is 0 Å². The molecular weight excluding hydrogens is 383 g/mol. The van der Waals surface area contributed by atoms with Crippen LogP contribution in [-0.2, 0) is 4.74 Å². The Morgan fingerprint density at radius 1 is 1.27 bits per heavy atom. The zero-order chi connectivity index (χ0) is 18.7. The number of ether oxygens (including phenoxy) is 3. The highest BCUT2D eigenvalue weighted by Crippen LogP contribution is 2.32. The molecule has 2 N–H and O–H groups in total. The van der Waals surface area contributed by atoms with Crippen LogP contribution in [0, 0.1) is 0 Å². The van der Waals surface area contributed by atoms with Gasteiger partial charge in [-0.15, -0.1) is 0 Å². The quantitative estimate of drug-likeness (QED) is 0.804. The van der Waals surface area contributed by atoms with Crippen molar-refractivity contribution < 1.29 is 24.1 Å². The Kier molecular flexibility index (Phi) is 5.83. The van der Waals surface area contributed by atoms with E-state index in [4.69, 9.17) is 37.4 Å². The minimum absolute atomic E-state index is 0.201. The standard InChI is InChI=1S/C17H16Cl2N2O5/c1-24-13-3-2-9(4-14(13)26-15-8-25-7-12(15)22)17(23)21-16-10(18)5-20-6-11(16)19/h2-6,12,15,22H,7-8H2,1H3,(H,20,21,23). The second-order valence-electron chi connectivity index (χ2n) is 5.56. The third-order valence-corrected chi connectivity index (χ3v) is 4.37. The van der Waals surface area contributed by atoms with Crippen LogP contribution in [0.1, 0.15) is 10.4 Å². The minimum Gasteiger partial charge on any atom is -0.493 e. The van der Waals surface area contributed by atoms with E-state index in [0.717, 1.165) is 0 Å². The Morgan fingerprint density at radius 2 is 2.00 bits per heavy atom. The van der Waals surface area contributed by atoms with Crippen LogP contribution in [-0.4, -0.2) is 48.5 Å². The summed E-state index contributed by atoms with van der Waals surface area (Å²) in [5, 5.41) is 12.9. The van der Waals surface area contributed by atoms with Crippen LogP contribution in [0.2, 0.25) is 10.0 Å². The minimum atomic E-state index is -0.744. The van der Waals surface area contributed by atoms with Gasteiger partial charge in [-0.25, -0.2) is 0 Å². The molecule has 2 aromatic rings. The van der Waals surface area contributed by atoms with Gasteiger partial charge in [0, 0.05) is 18.0 Å². The molecule has 1 aliphatic rings. The molecule has 0 radical (unpaired) electrons. The molecule has 1 fully saturated rings. The predicted octanol–water partition coefficient (Wildman–Crippen LogP) is 2.79. The maximum atomic E-state index is 12.6. The van der Waals surface area contributed by atoms with Gasteiger partial charge in [0.05, 0.1) is 36.1 Å². The molecule has 0 aliphatic carbocycles. The first-order valence-electron chi connectivity index (χ1n) is 7.70. The first-order valence-corrected chi connectivity index (χ1v) is 8.46. The fraction of sp³-hybridized carbons (Fsp3) is 0.294. The van der Waals surface area contributed by atoms with Gasteiger partial charge in [0.15, 0.2) is 17.6 Å². The maximum Gasteiger partial charge on any atom is 0.255 e. The number of nitrogens with zero attached hydrogens (tertiary/aromatic N) is 1. The number of hydrogen-bond donors (Lipinski definition) is 2. The van der Waals surface area contributed by atoms with E-state index in [2.05, 4.69) is 10.3 Å².